The van der Waals surface area contributed by atoms with Crippen molar-refractivity contribution in [1.29, 1.82) is 0 Å². The van der Waals surface area contributed by atoms with Crippen LogP contribution in [-0.2, 0) is 7.05 Å². The molecule has 2 unspecified atom stereocenters. The van der Waals surface area contributed by atoms with Gasteiger partial charge in [-0.25, -0.2) is 4.98 Å². The minimum Gasteiger partial charge on any atom is -0.333 e. The molecule has 0 spiro atoms. The number of rotatable bonds is 3. The van der Waals surface area contributed by atoms with E-state index in [9.17, 15) is 4.79 Å². The van der Waals surface area contributed by atoms with Crippen molar-refractivity contribution in [2.75, 3.05) is 6.54 Å². The van der Waals surface area contributed by atoms with Gasteiger partial charge in [0.25, 0.3) is 5.91 Å². The maximum Gasteiger partial charge on any atom is 0.290 e. The number of imidazole rings is 1. The molecular weight excluding hydrogens is 240 g/mol. The van der Waals surface area contributed by atoms with Gasteiger partial charge in [-0.15, -0.1) is 0 Å². The number of aromatic nitrogens is 2. The monoisotopic (exact) mass is 262 g/mol. The molecule has 0 saturated carbocycles. The third kappa shape index (κ3) is 2.27. The van der Waals surface area contributed by atoms with Gasteiger partial charge < -0.3 is 14.8 Å². The smallest absolute Gasteiger partial charge is 0.290 e. The molecule has 1 N–H and O–H groups in total. The highest BCUT2D eigenvalue weighted by molar-refractivity contribution is 5.91. The molecule has 2 aliphatic rings. The predicted molar refractivity (Wildman–Crippen MR) is 72.9 cm³/mol. The van der Waals surface area contributed by atoms with Crippen molar-refractivity contribution in [3.05, 3.63) is 18.2 Å². The first-order valence-electron chi connectivity index (χ1n) is 7.23. The second-order valence-corrected chi connectivity index (χ2v) is 5.72. The lowest BCUT2D eigenvalue weighted by Gasteiger charge is -2.37. The molecule has 5 nitrogen and oxygen atoms in total. The Bertz CT molecular complexity index is 458. The number of hydrogen-bond acceptors (Lipinski definition) is 3. The average molecular weight is 262 g/mol. The van der Waals surface area contributed by atoms with Crippen molar-refractivity contribution in [3.63, 3.8) is 0 Å². The van der Waals surface area contributed by atoms with Crippen molar-refractivity contribution < 1.29 is 4.79 Å². The average Bonchev–Trinajstić information content (AvgIpc) is 2.96. The first kappa shape index (κ1) is 12.7. The van der Waals surface area contributed by atoms with E-state index in [4.69, 9.17) is 0 Å². The summed E-state index contributed by atoms with van der Waals surface area (Å²) >= 11 is 0. The molecule has 2 aliphatic heterocycles. The first-order valence-corrected chi connectivity index (χ1v) is 7.23. The van der Waals surface area contributed by atoms with Crippen LogP contribution in [0.4, 0.5) is 0 Å². The number of carbonyl (C=O) groups is 1. The highest BCUT2D eigenvalue weighted by Gasteiger charge is 2.37. The Kier molecular flexibility index (Phi) is 3.31. The molecule has 3 heterocycles. The van der Waals surface area contributed by atoms with E-state index in [1.54, 1.807) is 10.8 Å². The van der Waals surface area contributed by atoms with Gasteiger partial charge in [-0.3, -0.25) is 4.79 Å². The number of carbonyl (C=O) groups excluding carboxylic acids is 1. The molecule has 2 fully saturated rings. The third-order valence-corrected chi connectivity index (χ3v) is 4.50. The van der Waals surface area contributed by atoms with Gasteiger partial charge in [0.05, 0.1) is 0 Å². The van der Waals surface area contributed by atoms with Crippen molar-refractivity contribution >= 4 is 5.91 Å². The zero-order chi connectivity index (χ0) is 13.4. The Morgan fingerprint density at radius 3 is 2.68 bits per heavy atom. The molecule has 2 atom stereocenters. The number of piperidine rings is 1. The van der Waals surface area contributed by atoms with Crippen molar-refractivity contribution in [2.45, 2.75) is 50.7 Å². The number of aryl methyl sites for hydroxylation is 1. The van der Waals surface area contributed by atoms with Gasteiger partial charge in [0.15, 0.2) is 5.82 Å². The quantitative estimate of drug-likeness (QED) is 0.889. The molecule has 19 heavy (non-hydrogen) atoms. The normalized spacial score (nSPS) is 29.5. The number of nitrogens with zero attached hydrogens (tertiary/aromatic N) is 3. The zero-order valence-electron chi connectivity index (χ0n) is 11.7. The molecular formula is C14H22N4O. The highest BCUT2D eigenvalue weighted by Crippen LogP contribution is 2.30. The van der Waals surface area contributed by atoms with Gasteiger partial charge in [-0.05, 0) is 32.6 Å². The predicted octanol–water partition coefficient (Wildman–Crippen LogP) is 1.17. The summed E-state index contributed by atoms with van der Waals surface area (Å²) in [6.45, 7) is 2.82. The van der Waals surface area contributed by atoms with Gasteiger partial charge in [0.1, 0.15) is 0 Å². The van der Waals surface area contributed by atoms with Crippen molar-refractivity contribution in [3.8, 4) is 0 Å². The fourth-order valence-corrected chi connectivity index (χ4v) is 3.55. The van der Waals surface area contributed by atoms with E-state index >= 15 is 0 Å². The minimum atomic E-state index is 0.0706. The molecule has 0 aliphatic carbocycles. The van der Waals surface area contributed by atoms with Crippen LogP contribution in [0.25, 0.3) is 0 Å². The Morgan fingerprint density at radius 2 is 2.16 bits per heavy atom. The van der Waals surface area contributed by atoms with E-state index in [1.807, 2.05) is 18.1 Å². The van der Waals surface area contributed by atoms with Gasteiger partial charge in [-0.1, -0.05) is 0 Å². The van der Waals surface area contributed by atoms with E-state index in [0.29, 0.717) is 23.9 Å². The molecule has 5 heteroatoms. The number of nitrogens with one attached hydrogen (secondary N) is 1. The second kappa shape index (κ2) is 4.96. The van der Waals surface area contributed by atoms with Crippen LogP contribution < -0.4 is 5.32 Å². The SMILES string of the molecule is CCN(C(=O)c1nccn1C)C1CC2CCC(C1)N2. The van der Waals surface area contributed by atoms with E-state index in [2.05, 4.69) is 17.2 Å². The lowest BCUT2D eigenvalue weighted by atomic mass is 9.98. The molecule has 104 valence electrons. The molecule has 2 bridgehead atoms. The van der Waals surface area contributed by atoms with Gasteiger partial charge in [0, 0.05) is 44.1 Å². The maximum absolute atomic E-state index is 12.6. The van der Waals surface area contributed by atoms with Gasteiger partial charge in [-0.2, -0.15) is 0 Å². The molecule has 3 rings (SSSR count). The summed E-state index contributed by atoms with van der Waals surface area (Å²) in [6, 6.07) is 1.58. The summed E-state index contributed by atoms with van der Waals surface area (Å²) in [7, 11) is 1.88. The minimum absolute atomic E-state index is 0.0706. The highest BCUT2D eigenvalue weighted by atomic mass is 16.2. The summed E-state index contributed by atoms with van der Waals surface area (Å²) in [4.78, 5) is 18.8. The Hall–Kier alpha value is -1.36. The topological polar surface area (TPSA) is 50.2 Å². The molecule has 0 aromatic carbocycles. The van der Waals surface area contributed by atoms with E-state index in [1.165, 1.54) is 12.8 Å². The van der Waals surface area contributed by atoms with Gasteiger partial charge >= 0.3 is 0 Å². The van der Waals surface area contributed by atoms with Crippen LogP contribution in [0, 0.1) is 0 Å². The molecule has 1 amide bonds. The summed E-state index contributed by atoms with van der Waals surface area (Å²) in [5.41, 5.74) is 0. The Balaban J connectivity index is 1.77. The molecule has 1 aromatic heterocycles. The Morgan fingerprint density at radius 1 is 1.47 bits per heavy atom. The lowest BCUT2D eigenvalue weighted by Crippen LogP contribution is -2.50. The number of fused-ring (bicyclic) bond motifs is 2. The van der Waals surface area contributed by atoms with Crippen LogP contribution in [-0.4, -0.2) is 45.0 Å². The lowest BCUT2D eigenvalue weighted by molar-refractivity contribution is 0.0615. The van der Waals surface area contributed by atoms with E-state index in [-0.39, 0.29) is 5.91 Å². The van der Waals surface area contributed by atoms with Crippen molar-refractivity contribution in [2.24, 2.45) is 7.05 Å². The van der Waals surface area contributed by atoms with Crippen LogP contribution in [0.15, 0.2) is 12.4 Å². The van der Waals surface area contributed by atoms with Crippen LogP contribution in [0.2, 0.25) is 0 Å². The second-order valence-electron chi connectivity index (χ2n) is 5.72. The zero-order valence-corrected chi connectivity index (χ0v) is 11.7. The number of amides is 1. The molecule has 0 radical (unpaired) electrons. The third-order valence-electron chi connectivity index (χ3n) is 4.50. The summed E-state index contributed by atoms with van der Waals surface area (Å²) in [5, 5.41) is 3.63. The molecule has 1 aromatic rings. The van der Waals surface area contributed by atoms with Crippen LogP contribution in [0.1, 0.15) is 43.2 Å². The van der Waals surface area contributed by atoms with Crippen LogP contribution in [0.5, 0.6) is 0 Å². The fraction of sp³-hybridized carbons (Fsp3) is 0.714. The Labute approximate surface area is 114 Å². The van der Waals surface area contributed by atoms with Gasteiger partial charge in [0.2, 0.25) is 0 Å². The van der Waals surface area contributed by atoms with Crippen LogP contribution >= 0.6 is 0 Å². The van der Waals surface area contributed by atoms with E-state index < -0.39 is 0 Å². The summed E-state index contributed by atoms with van der Waals surface area (Å²) in [6.07, 6.45) is 8.20. The fourth-order valence-electron chi connectivity index (χ4n) is 3.55. The van der Waals surface area contributed by atoms with Crippen molar-refractivity contribution in [1.82, 2.24) is 19.8 Å². The summed E-state index contributed by atoms with van der Waals surface area (Å²) < 4.78 is 1.81. The van der Waals surface area contributed by atoms with E-state index in [0.717, 1.165) is 19.4 Å². The molecule has 2 saturated heterocycles. The first-order chi connectivity index (χ1) is 9.19. The number of hydrogen-bond donors (Lipinski definition) is 1. The standard InChI is InChI=1S/C14H22N4O/c1-3-18(14(19)13-15-6-7-17(13)2)12-8-10-4-5-11(9-12)16-10/h6-7,10-12,16H,3-5,8-9H2,1-2H3. The largest absolute Gasteiger partial charge is 0.333 e. The maximum atomic E-state index is 12.6. The summed E-state index contributed by atoms with van der Waals surface area (Å²) in [5.74, 6) is 0.619. The van der Waals surface area contributed by atoms with Crippen LogP contribution in [0.3, 0.4) is 0 Å².